The summed E-state index contributed by atoms with van der Waals surface area (Å²) < 4.78 is 13.4. The van der Waals surface area contributed by atoms with Crippen LogP contribution in [0.3, 0.4) is 0 Å². The molecule has 0 amide bonds. The van der Waals surface area contributed by atoms with Gasteiger partial charge in [0.1, 0.15) is 11.5 Å². The predicted molar refractivity (Wildman–Crippen MR) is 202 cm³/mol. The van der Waals surface area contributed by atoms with Gasteiger partial charge in [-0.05, 0) is 86.5 Å². The number of hydrogen-bond donors (Lipinski definition) is 0. The highest BCUT2D eigenvalue weighted by molar-refractivity contribution is 6.16. The van der Waals surface area contributed by atoms with Crippen molar-refractivity contribution in [3.63, 3.8) is 0 Å². The van der Waals surface area contributed by atoms with Crippen LogP contribution >= 0.6 is 0 Å². The van der Waals surface area contributed by atoms with Gasteiger partial charge in [-0.2, -0.15) is 0 Å². The maximum Gasteiger partial charge on any atom is 0.269 e. The van der Waals surface area contributed by atoms with Crippen LogP contribution in [0, 0.1) is 27.1 Å². The van der Waals surface area contributed by atoms with Crippen LogP contribution in [0.15, 0.2) is 152 Å². The van der Waals surface area contributed by atoms with Crippen LogP contribution in [-0.4, -0.2) is 14.1 Å². The second-order valence-corrected chi connectivity index (χ2v) is 12.9. The Bertz CT molecular complexity index is 2680. The lowest BCUT2D eigenvalue weighted by molar-refractivity contribution is -0.573. The molecular weight excluding hydrogens is 613 g/mol. The van der Waals surface area contributed by atoms with E-state index in [0.717, 1.165) is 67.3 Å². The van der Waals surface area contributed by atoms with Crippen molar-refractivity contribution in [2.75, 3.05) is 0 Å². The fourth-order valence-corrected chi connectivity index (χ4v) is 7.47. The number of pyridine rings is 1. The van der Waals surface area contributed by atoms with Crippen LogP contribution in [0.25, 0.3) is 61.2 Å². The van der Waals surface area contributed by atoms with Gasteiger partial charge >= 0.3 is 0 Å². The summed E-state index contributed by atoms with van der Waals surface area (Å²) in [6, 6.07) is 50.5. The molecule has 50 heavy (non-hydrogen) atoms. The molecule has 3 heterocycles. The summed E-state index contributed by atoms with van der Waals surface area (Å²) in [5, 5.41) is 2.31. The third kappa shape index (κ3) is 4.94. The largest absolute Gasteiger partial charge is 0.458 e. The maximum absolute atomic E-state index is 6.78. The predicted octanol–water partition coefficient (Wildman–Crippen LogP) is 10.6. The van der Waals surface area contributed by atoms with Crippen molar-refractivity contribution in [2.45, 2.75) is 20.8 Å². The van der Waals surface area contributed by atoms with Crippen molar-refractivity contribution < 1.29 is 9.30 Å². The normalized spacial score (nSPS) is 11.5. The average Bonchev–Trinajstić information content (AvgIpc) is 3.68. The smallest absolute Gasteiger partial charge is 0.269 e. The zero-order valence-electron chi connectivity index (χ0n) is 28.1. The van der Waals surface area contributed by atoms with Gasteiger partial charge in [0.25, 0.3) is 6.33 Å². The summed E-state index contributed by atoms with van der Waals surface area (Å²) in [6.45, 7) is 6.49. The molecule has 0 aliphatic heterocycles. The first-order chi connectivity index (χ1) is 24.5. The summed E-state index contributed by atoms with van der Waals surface area (Å²) in [5.74, 6) is 1.47. The van der Waals surface area contributed by atoms with Gasteiger partial charge in [-0.3, -0.25) is 14.1 Å². The number of ether oxygens (including phenoxy) is 1. The summed E-state index contributed by atoms with van der Waals surface area (Å²) in [6.07, 6.45) is 5.52. The van der Waals surface area contributed by atoms with Crippen LogP contribution in [0.2, 0.25) is 0 Å². The second kappa shape index (κ2) is 11.9. The van der Waals surface area contributed by atoms with Crippen molar-refractivity contribution in [3.05, 3.63) is 175 Å². The number of nitrogens with zero attached hydrogens (tertiary/aromatic N) is 4. The van der Waals surface area contributed by atoms with Crippen LogP contribution in [0.4, 0.5) is 0 Å². The molecular formula is C45H34N4O. The molecule has 5 nitrogen and oxygen atoms in total. The minimum atomic E-state index is 0.733. The van der Waals surface area contributed by atoms with Crippen LogP contribution < -0.4 is 9.30 Å². The topological polar surface area (TPSA) is 35.9 Å². The van der Waals surface area contributed by atoms with E-state index in [1.54, 1.807) is 0 Å². The molecule has 0 aliphatic rings. The molecule has 0 spiro atoms. The van der Waals surface area contributed by atoms with Gasteiger partial charge in [0, 0.05) is 34.3 Å². The Morgan fingerprint density at radius 2 is 1.32 bits per heavy atom. The van der Waals surface area contributed by atoms with Gasteiger partial charge in [-0.25, -0.2) is 0 Å². The molecule has 240 valence electrons. The Kier molecular flexibility index (Phi) is 7.06. The van der Waals surface area contributed by atoms with E-state index in [1.165, 1.54) is 22.1 Å². The van der Waals surface area contributed by atoms with Crippen molar-refractivity contribution in [1.29, 1.82) is 0 Å². The first-order valence-electron chi connectivity index (χ1n) is 16.9. The maximum atomic E-state index is 6.78. The second-order valence-electron chi connectivity index (χ2n) is 12.9. The van der Waals surface area contributed by atoms with Crippen molar-refractivity contribution in [3.8, 4) is 39.8 Å². The highest BCUT2D eigenvalue weighted by atomic mass is 16.5. The molecule has 0 saturated heterocycles. The van der Waals surface area contributed by atoms with Gasteiger partial charge in [0.05, 0.1) is 39.1 Å². The van der Waals surface area contributed by atoms with Gasteiger partial charge in [-0.15, -0.1) is 0 Å². The number of rotatable bonds is 6. The van der Waals surface area contributed by atoms with Crippen molar-refractivity contribution >= 4 is 32.8 Å². The number of hydrogen-bond acceptors (Lipinski definition) is 2. The molecule has 9 rings (SSSR count). The molecule has 5 heteroatoms. The van der Waals surface area contributed by atoms with Crippen LogP contribution in [-0.2, 0) is 0 Å². The number of benzene rings is 6. The Hall–Kier alpha value is -6.46. The highest BCUT2D eigenvalue weighted by Crippen LogP contribution is 2.41. The lowest BCUT2D eigenvalue weighted by atomic mass is 10.0. The fraction of sp³-hybridized carbons (Fsp3) is 0.0667. The lowest BCUT2D eigenvalue weighted by Gasteiger charge is -2.13. The minimum Gasteiger partial charge on any atom is -0.458 e. The van der Waals surface area contributed by atoms with E-state index in [2.05, 4.69) is 156 Å². The zero-order chi connectivity index (χ0) is 33.8. The summed E-state index contributed by atoms with van der Waals surface area (Å²) in [7, 11) is 0. The molecule has 0 saturated carbocycles. The minimum absolute atomic E-state index is 0.733. The van der Waals surface area contributed by atoms with E-state index in [1.807, 2.05) is 36.5 Å². The summed E-state index contributed by atoms with van der Waals surface area (Å²) in [5.41, 5.74) is 13.2. The SMILES string of the molecule is Cc1cc(C)c(-[n+]2[c-]n(-c3cccc(Oc4cc(-c5ccccn5)c5c6ccccc6n(-c6ccccc6)c5c4)c3)c3ccccc32)c(C)c1. The fourth-order valence-electron chi connectivity index (χ4n) is 7.47. The standard InChI is InChI=1S/C45H34N4O/c1-30-24-31(2)45(32(3)25-30)48-29-47(41-21-9-10-22-42(41)48)34-16-13-17-35(26-34)50-36-27-38(39-19-11-12-23-46-39)44-37-18-7-8-20-40(37)49(43(44)28-36)33-14-5-4-6-15-33/h4-28H,1-3H3. The first kappa shape index (κ1) is 29.7. The monoisotopic (exact) mass is 646 g/mol. The number of aryl methyl sites for hydroxylation is 3. The van der Waals surface area contributed by atoms with Gasteiger partial charge in [0.2, 0.25) is 0 Å². The number of aromatic nitrogens is 4. The average molecular weight is 647 g/mol. The molecule has 9 aromatic rings. The van der Waals surface area contributed by atoms with E-state index >= 15 is 0 Å². The zero-order valence-corrected chi connectivity index (χ0v) is 28.1. The van der Waals surface area contributed by atoms with E-state index in [0.29, 0.717) is 0 Å². The van der Waals surface area contributed by atoms with Gasteiger partial charge < -0.3 is 9.30 Å². The van der Waals surface area contributed by atoms with Crippen molar-refractivity contribution in [2.24, 2.45) is 0 Å². The molecule has 0 atom stereocenters. The molecule has 0 bridgehead atoms. The van der Waals surface area contributed by atoms with Gasteiger partial charge in [0.15, 0.2) is 0 Å². The highest BCUT2D eigenvalue weighted by Gasteiger charge is 2.20. The van der Waals surface area contributed by atoms with Gasteiger partial charge in [-0.1, -0.05) is 90.5 Å². The van der Waals surface area contributed by atoms with E-state index in [4.69, 9.17) is 9.72 Å². The van der Waals surface area contributed by atoms with Crippen molar-refractivity contribution in [1.82, 2.24) is 14.1 Å². The Morgan fingerprint density at radius 1 is 0.600 bits per heavy atom. The molecule has 0 N–H and O–H groups in total. The van der Waals surface area contributed by atoms with Crippen LogP contribution in [0.1, 0.15) is 16.7 Å². The third-order valence-corrected chi connectivity index (χ3v) is 9.44. The molecule has 0 radical (unpaired) electrons. The molecule has 3 aromatic heterocycles. The van der Waals surface area contributed by atoms with Crippen LogP contribution in [0.5, 0.6) is 11.5 Å². The van der Waals surface area contributed by atoms with E-state index in [9.17, 15) is 0 Å². The summed E-state index contributed by atoms with van der Waals surface area (Å²) in [4.78, 5) is 4.79. The summed E-state index contributed by atoms with van der Waals surface area (Å²) >= 11 is 0. The van der Waals surface area contributed by atoms with E-state index in [-0.39, 0.29) is 0 Å². The number of imidazole rings is 1. The molecule has 0 aliphatic carbocycles. The Morgan fingerprint density at radius 3 is 2.12 bits per heavy atom. The molecule has 6 aromatic carbocycles. The Labute approximate surface area is 290 Å². The number of para-hydroxylation sites is 4. The van der Waals surface area contributed by atoms with E-state index < -0.39 is 0 Å². The Balaban J connectivity index is 1.20. The third-order valence-electron chi connectivity index (χ3n) is 9.44. The quantitative estimate of drug-likeness (QED) is 0.133. The molecule has 0 unspecified atom stereocenters. The number of fused-ring (bicyclic) bond motifs is 4. The molecule has 0 fully saturated rings. The lowest BCUT2D eigenvalue weighted by Crippen LogP contribution is -2.32. The first-order valence-corrected chi connectivity index (χ1v) is 16.9.